The van der Waals surface area contributed by atoms with Gasteiger partial charge in [-0.3, -0.25) is 0 Å². The van der Waals surface area contributed by atoms with E-state index in [4.69, 9.17) is 0 Å². The SMILES string of the molecule is FC(F)(F)CCC=CCc1ccc(CC=CCCC(F)(F)F)c2ccccc12. The third-order valence-corrected chi connectivity index (χ3v) is 4.30. The van der Waals surface area contributed by atoms with Crippen molar-refractivity contribution in [2.24, 2.45) is 0 Å². The first-order valence-electron chi connectivity index (χ1n) is 9.09. The highest BCUT2D eigenvalue weighted by Gasteiger charge is 2.25. The second-order valence-corrected chi connectivity index (χ2v) is 6.59. The number of alkyl halides is 6. The van der Waals surface area contributed by atoms with Crippen molar-refractivity contribution in [1.29, 1.82) is 0 Å². The Kier molecular flexibility index (Phi) is 7.72. The van der Waals surface area contributed by atoms with E-state index in [0.29, 0.717) is 12.8 Å². The lowest BCUT2D eigenvalue weighted by Crippen LogP contribution is -2.05. The maximum Gasteiger partial charge on any atom is 0.389 e. The maximum atomic E-state index is 12.2. The average Bonchev–Trinajstić information content (AvgIpc) is 2.60. The van der Waals surface area contributed by atoms with Crippen LogP contribution in [0.3, 0.4) is 0 Å². The molecule has 152 valence electrons. The largest absolute Gasteiger partial charge is 0.389 e. The minimum absolute atomic E-state index is 0.0394. The summed E-state index contributed by atoms with van der Waals surface area (Å²) in [6.45, 7) is 0. The number of rotatable bonds is 8. The molecule has 2 rings (SSSR count). The highest BCUT2D eigenvalue weighted by Crippen LogP contribution is 2.26. The monoisotopic (exact) mass is 400 g/mol. The molecule has 0 spiro atoms. The van der Waals surface area contributed by atoms with E-state index in [2.05, 4.69) is 0 Å². The molecule has 0 unspecified atom stereocenters. The smallest absolute Gasteiger partial charge is 0.171 e. The fourth-order valence-electron chi connectivity index (χ4n) is 2.93. The van der Waals surface area contributed by atoms with Crippen molar-refractivity contribution in [1.82, 2.24) is 0 Å². The normalized spacial score (nSPS) is 13.2. The van der Waals surface area contributed by atoms with E-state index in [0.717, 1.165) is 21.9 Å². The second kappa shape index (κ2) is 9.80. The number of fused-ring (bicyclic) bond motifs is 1. The summed E-state index contributed by atoms with van der Waals surface area (Å²) < 4.78 is 73.0. The molecule has 0 atom stereocenters. The van der Waals surface area contributed by atoms with Gasteiger partial charge < -0.3 is 0 Å². The van der Waals surface area contributed by atoms with Crippen LogP contribution >= 0.6 is 0 Å². The first-order valence-corrected chi connectivity index (χ1v) is 9.09. The highest BCUT2D eigenvalue weighted by atomic mass is 19.4. The standard InChI is InChI=1S/C22H22F6/c23-21(24,25)15-7-1-3-9-17-13-14-18(20-12-6-5-11-19(17)20)10-4-2-8-16-22(26,27)28/h1-6,11-14H,7-10,15-16H2. The third kappa shape index (κ3) is 7.79. The quantitative estimate of drug-likeness (QED) is 0.314. The molecular weight excluding hydrogens is 378 g/mol. The van der Waals surface area contributed by atoms with Crippen molar-refractivity contribution in [3.63, 3.8) is 0 Å². The van der Waals surface area contributed by atoms with E-state index < -0.39 is 25.2 Å². The fourth-order valence-corrected chi connectivity index (χ4v) is 2.93. The van der Waals surface area contributed by atoms with Crippen molar-refractivity contribution in [2.45, 2.75) is 50.9 Å². The van der Waals surface area contributed by atoms with Crippen molar-refractivity contribution in [2.75, 3.05) is 0 Å². The molecule has 0 N–H and O–H groups in total. The molecular formula is C22H22F6. The molecule has 0 aliphatic heterocycles. The first kappa shape index (κ1) is 22.1. The Morgan fingerprint density at radius 2 is 0.964 bits per heavy atom. The molecule has 28 heavy (non-hydrogen) atoms. The Morgan fingerprint density at radius 1 is 0.571 bits per heavy atom. The van der Waals surface area contributed by atoms with Gasteiger partial charge in [0, 0.05) is 12.8 Å². The molecule has 2 aromatic carbocycles. The van der Waals surface area contributed by atoms with E-state index in [1.807, 2.05) is 36.4 Å². The Morgan fingerprint density at radius 3 is 1.32 bits per heavy atom. The summed E-state index contributed by atoms with van der Waals surface area (Å²) in [7, 11) is 0. The Balaban J connectivity index is 2.03. The molecule has 0 aliphatic carbocycles. The van der Waals surface area contributed by atoms with Crippen LogP contribution in [0, 0.1) is 0 Å². The minimum Gasteiger partial charge on any atom is -0.171 e. The van der Waals surface area contributed by atoms with Gasteiger partial charge in [-0.2, -0.15) is 26.3 Å². The Hall–Kier alpha value is -2.24. The van der Waals surface area contributed by atoms with Crippen LogP contribution in [0.25, 0.3) is 10.8 Å². The molecule has 0 nitrogen and oxygen atoms in total. The number of halogens is 6. The van der Waals surface area contributed by atoms with Crippen LogP contribution < -0.4 is 0 Å². The van der Waals surface area contributed by atoms with E-state index >= 15 is 0 Å². The molecule has 0 aliphatic rings. The van der Waals surface area contributed by atoms with Gasteiger partial charge in [-0.1, -0.05) is 60.7 Å². The van der Waals surface area contributed by atoms with Gasteiger partial charge in [-0.15, -0.1) is 0 Å². The zero-order valence-corrected chi connectivity index (χ0v) is 15.3. The summed E-state index contributed by atoms with van der Waals surface area (Å²) in [5.74, 6) is 0. The summed E-state index contributed by atoms with van der Waals surface area (Å²) in [6.07, 6.45) is -2.41. The van der Waals surface area contributed by atoms with E-state index in [1.54, 1.807) is 24.3 Å². The van der Waals surface area contributed by atoms with Gasteiger partial charge in [-0.05, 0) is 47.6 Å². The van der Waals surface area contributed by atoms with Gasteiger partial charge in [0.15, 0.2) is 0 Å². The predicted molar refractivity (Wildman–Crippen MR) is 100 cm³/mol. The summed E-state index contributed by atoms with van der Waals surface area (Å²) in [5, 5.41) is 2.01. The molecule has 0 aromatic heterocycles. The van der Waals surface area contributed by atoms with Crippen LogP contribution in [0.15, 0.2) is 60.7 Å². The lowest BCUT2D eigenvalue weighted by molar-refractivity contribution is -0.134. The van der Waals surface area contributed by atoms with Crippen LogP contribution in [-0.2, 0) is 12.8 Å². The van der Waals surface area contributed by atoms with Crippen LogP contribution in [0.4, 0.5) is 26.3 Å². The van der Waals surface area contributed by atoms with E-state index in [9.17, 15) is 26.3 Å². The van der Waals surface area contributed by atoms with Gasteiger partial charge in [0.25, 0.3) is 0 Å². The van der Waals surface area contributed by atoms with Crippen LogP contribution in [0.2, 0.25) is 0 Å². The van der Waals surface area contributed by atoms with E-state index in [-0.39, 0.29) is 12.8 Å². The van der Waals surface area contributed by atoms with Gasteiger partial charge in [0.2, 0.25) is 0 Å². The Labute approximate surface area is 160 Å². The summed E-state index contributed by atoms with van der Waals surface area (Å²) in [5.41, 5.74) is 2.01. The van der Waals surface area contributed by atoms with Gasteiger partial charge in [-0.25, -0.2) is 0 Å². The number of benzene rings is 2. The molecule has 0 fully saturated rings. The molecule has 0 radical (unpaired) electrons. The summed E-state index contributed by atoms with van der Waals surface area (Å²) >= 11 is 0. The van der Waals surface area contributed by atoms with Crippen molar-refractivity contribution in [3.05, 3.63) is 71.8 Å². The number of hydrogen-bond donors (Lipinski definition) is 0. The minimum atomic E-state index is -4.15. The average molecular weight is 400 g/mol. The Bertz CT molecular complexity index is 743. The summed E-state index contributed by atoms with van der Waals surface area (Å²) in [4.78, 5) is 0. The molecule has 0 heterocycles. The zero-order chi connectivity index (χ0) is 20.6. The fraction of sp³-hybridized carbons (Fsp3) is 0.364. The second-order valence-electron chi connectivity index (χ2n) is 6.59. The summed E-state index contributed by atoms with van der Waals surface area (Å²) in [6, 6.07) is 11.5. The van der Waals surface area contributed by atoms with Crippen LogP contribution in [0.5, 0.6) is 0 Å². The molecule has 0 bridgehead atoms. The predicted octanol–water partition coefficient (Wildman–Crippen LogP) is 7.72. The molecule has 2 aromatic rings. The molecule has 0 saturated carbocycles. The maximum absolute atomic E-state index is 12.2. The molecule has 0 saturated heterocycles. The van der Waals surface area contributed by atoms with Crippen molar-refractivity contribution in [3.8, 4) is 0 Å². The third-order valence-electron chi connectivity index (χ3n) is 4.30. The van der Waals surface area contributed by atoms with Crippen LogP contribution in [-0.4, -0.2) is 12.4 Å². The lowest BCUT2D eigenvalue weighted by Gasteiger charge is -2.09. The van der Waals surface area contributed by atoms with Crippen molar-refractivity contribution >= 4 is 10.8 Å². The highest BCUT2D eigenvalue weighted by molar-refractivity contribution is 5.89. The number of allylic oxidation sites excluding steroid dienone is 4. The first-order chi connectivity index (χ1) is 13.2. The van der Waals surface area contributed by atoms with Gasteiger partial charge >= 0.3 is 12.4 Å². The van der Waals surface area contributed by atoms with E-state index in [1.165, 1.54) is 0 Å². The van der Waals surface area contributed by atoms with Gasteiger partial charge in [0.1, 0.15) is 0 Å². The lowest BCUT2D eigenvalue weighted by atomic mass is 9.96. The number of hydrogen-bond acceptors (Lipinski definition) is 0. The van der Waals surface area contributed by atoms with Gasteiger partial charge in [0.05, 0.1) is 0 Å². The molecule has 0 amide bonds. The zero-order valence-electron chi connectivity index (χ0n) is 15.3. The molecule has 6 heteroatoms. The van der Waals surface area contributed by atoms with Crippen molar-refractivity contribution < 1.29 is 26.3 Å². The topological polar surface area (TPSA) is 0 Å². The van der Waals surface area contributed by atoms with Crippen LogP contribution in [0.1, 0.15) is 36.8 Å².